The molecule has 0 atom stereocenters. The lowest BCUT2D eigenvalue weighted by Gasteiger charge is -2.04. The topological polar surface area (TPSA) is 84.0 Å². The van der Waals surface area contributed by atoms with Gasteiger partial charge in [-0.2, -0.15) is 0 Å². The molecule has 0 fully saturated rings. The molecule has 2 amide bonds. The van der Waals surface area contributed by atoms with Crippen LogP contribution in [0.15, 0.2) is 55.0 Å². The molecule has 2 aromatic rings. The van der Waals surface area contributed by atoms with E-state index in [1.54, 1.807) is 6.08 Å². The molecule has 22 heavy (non-hydrogen) atoms. The zero-order chi connectivity index (χ0) is 15.6. The van der Waals surface area contributed by atoms with Gasteiger partial charge in [0.05, 0.1) is 6.20 Å². The number of benzene rings is 1. The Balaban J connectivity index is 1.67. The molecule has 6 nitrogen and oxygen atoms in total. The Bertz CT molecular complexity index is 642. The van der Waals surface area contributed by atoms with Gasteiger partial charge in [-0.25, -0.2) is 4.98 Å². The maximum absolute atomic E-state index is 11.7. The van der Waals surface area contributed by atoms with Crippen molar-refractivity contribution in [3.05, 3.63) is 66.3 Å². The molecule has 0 bridgehead atoms. The summed E-state index contributed by atoms with van der Waals surface area (Å²) < 4.78 is 0. The molecule has 0 saturated heterocycles. The molecule has 1 aromatic heterocycles. The molecule has 112 valence electrons. The molecular formula is C16H16N4O2. The first-order valence-electron chi connectivity index (χ1n) is 6.81. The molecule has 0 aliphatic carbocycles. The lowest BCUT2D eigenvalue weighted by molar-refractivity contribution is -0.116. The Morgan fingerprint density at radius 3 is 2.55 bits per heavy atom. The number of nitrogens with zero attached hydrogens (tertiary/aromatic N) is 2. The van der Waals surface area contributed by atoms with Crippen molar-refractivity contribution in [2.45, 2.75) is 0 Å². The third-order valence-electron chi connectivity index (χ3n) is 2.73. The van der Waals surface area contributed by atoms with E-state index in [1.807, 2.05) is 30.3 Å². The van der Waals surface area contributed by atoms with Gasteiger partial charge in [-0.05, 0) is 11.6 Å². The molecule has 2 N–H and O–H groups in total. The van der Waals surface area contributed by atoms with Crippen molar-refractivity contribution in [3.63, 3.8) is 0 Å². The molecule has 6 heteroatoms. The Hall–Kier alpha value is -3.02. The van der Waals surface area contributed by atoms with Gasteiger partial charge < -0.3 is 10.6 Å². The number of hydrogen-bond acceptors (Lipinski definition) is 4. The maximum atomic E-state index is 11.7. The van der Waals surface area contributed by atoms with Crippen molar-refractivity contribution in [1.29, 1.82) is 0 Å². The first-order chi connectivity index (χ1) is 10.8. The summed E-state index contributed by atoms with van der Waals surface area (Å²) in [6.45, 7) is 0.657. The first kappa shape index (κ1) is 15.4. The molecule has 0 aliphatic rings. The van der Waals surface area contributed by atoms with Crippen molar-refractivity contribution < 1.29 is 9.59 Å². The molecule has 0 spiro atoms. The highest BCUT2D eigenvalue weighted by Crippen LogP contribution is 2.00. The summed E-state index contributed by atoms with van der Waals surface area (Å²) in [6.07, 6.45) is 7.52. The highest BCUT2D eigenvalue weighted by atomic mass is 16.2. The van der Waals surface area contributed by atoms with Gasteiger partial charge >= 0.3 is 0 Å². The zero-order valence-electron chi connectivity index (χ0n) is 11.9. The van der Waals surface area contributed by atoms with Crippen LogP contribution in [0.2, 0.25) is 0 Å². The predicted molar refractivity (Wildman–Crippen MR) is 82.9 cm³/mol. The van der Waals surface area contributed by atoms with Gasteiger partial charge in [-0.3, -0.25) is 14.6 Å². The van der Waals surface area contributed by atoms with Gasteiger partial charge in [0.25, 0.3) is 5.91 Å². The van der Waals surface area contributed by atoms with Crippen LogP contribution in [0, 0.1) is 0 Å². The standard InChI is InChI=1S/C16H16N4O2/c21-15(7-6-13-4-2-1-3-5-13)19-10-11-20-16(22)14-12-17-8-9-18-14/h1-9,12H,10-11H2,(H,19,21)(H,20,22)/b7-6+. The normalized spacial score (nSPS) is 10.4. The second-order valence-corrected chi connectivity index (χ2v) is 4.38. The third-order valence-corrected chi connectivity index (χ3v) is 2.73. The van der Waals surface area contributed by atoms with Gasteiger partial charge in [0.15, 0.2) is 0 Å². The number of hydrogen-bond donors (Lipinski definition) is 2. The van der Waals surface area contributed by atoms with Crippen LogP contribution < -0.4 is 10.6 Å². The summed E-state index contributed by atoms with van der Waals surface area (Å²) in [5, 5.41) is 5.33. The van der Waals surface area contributed by atoms with Crippen LogP contribution in [-0.4, -0.2) is 34.9 Å². The quantitative estimate of drug-likeness (QED) is 0.616. The Morgan fingerprint density at radius 1 is 1.05 bits per heavy atom. The minimum Gasteiger partial charge on any atom is -0.351 e. The molecule has 2 rings (SSSR count). The fraction of sp³-hybridized carbons (Fsp3) is 0.125. The van der Waals surface area contributed by atoms with E-state index in [4.69, 9.17) is 0 Å². The van der Waals surface area contributed by atoms with Crippen LogP contribution >= 0.6 is 0 Å². The van der Waals surface area contributed by atoms with Crippen LogP contribution in [0.3, 0.4) is 0 Å². The number of carbonyl (C=O) groups is 2. The van der Waals surface area contributed by atoms with Crippen molar-refractivity contribution in [1.82, 2.24) is 20.6 Å². The molecular weight excluding hydrogens is 280 g/mol. The summed E-state index contributed by atoms with van der Waals surface area (Å²) in [5.41, 5.74) is 1.20. The minimum atomic E-state index is -0.317. The molecule has 1 heterocycles. The van der Waals surface area contributed by atoms with Crippen molar-refractivity contribution >= 4 is 17.9 Å². The Kier molecular flexibility index (Phi) is 5.80. The van der Waals surface area contributed by atoms with E-state index in [2.05, 4.69) is 20.6 Å². The number of carbonyl (C=O) groups excluding carboxylic acids is 2. The zero-order valence-corrected chi connectivity index (χ0v) is 11.9. The van der Waals surface area contributed by atoms with Crippen LogP contribution in [0.5, 0.6) is 0 Å². The first-order valence-corrected chi connectivity index (χ1v) is 6.81. The average Bonchev–Trinajstić information content (AvgIpc) is 2.58. The summed E-state index contributed by atoms with van der Waals surface area (Å²) >= 11 is 0. The number of nitrogens with one attached hydrogen (secondary N) is 2. The lowest BCUT2D eigenvalue weighted by Crippen LogP contribution is -2.34. The van der Waals surface area contributed by atoms with Gasteiger partial charge in [0.1, 0.15) is 5.69 Å². The van der Waals surface area contributed by atoms with Crippen LogP contribution in [-0.2, 0) is 4.79 Å². The Morgan fingerprint density at radius 2 is 1.82 bits per heavy atom. The summed E-state index contributed by atoms with van der Waals surface area (Å²) in [4.78, 5) is 31.0. The molecule has 0 saturated carbocycles. The number of rotatable bonds is 6. The maximum Gasteiger partial charge on any atom is 0.271 e. The fourth-order valence-corrected chi connectivity index (χ4v) is 1.66. The third kappa shape index (κ3) is 5.16. The molecule has 0 aliphatic heterocycles. The van der Waals surface area contributed by atoms with E-state index in [9.17, 15) is 9.59 Å². The largest absolute Gasteiger partial charge is 0.351 e. The lowest BCUT2D eigenvalue weighted by atomic mass is 10.2. The fourth-order valence-electron chi connectivity index (χ4n) is 1.66. The van der Waals surface area contributed by atoms with E-state index in [0.29, 0.717) is 13.1 Å². The van der Waals surface area contributed by atoms with Gasteiger partial charge in [0, 0.05) is 31.6 Å². The summed E-state index contributed by atoms with van der Waals surface area (Å²) in [7, 11) is 0. The number of aromatic nitrogens is 2. The number of amides is 2. The minimum absolute atomic E-state index is 0.211. The average molecular weight is 296 g/mol. The Labute approximate surface area is 128 Å². The molecule has 0 radical (unpaired) electrons. The molecule has 1 aromatic carbocycles. The van der Waals surface area contributed by atoms with Gasteiger partial charge in [-0.1, -0.05) is 30.3 Å². The molecule has 0 unspecified atom stereocenters. The summed E-state index contributed by atoms with van der Waals surface area (Å²) in [6, 6.07) is 9.53. The van der Waals surface area contributed by atoms with E-state index in [1.165, 1.54) is 24.7 Å². The second kappa shape index (κ2) is 8.31. The van der Waals surface area contributed by atoms with E-state index in [0.717, 1.165) is 5.56 Å². The highest BCUT2D eigenvalue weighted by Gasteiger charge is 2.05. The smallest absolute Gasteiger partial charge is 0.271 e. The van der Waals surface area contributed by atoms with Gasteiger partial charge in [-0.15, -0.1) is 0 Å². The van der Waals surface area contributed by atoms with Crippen LogP contribution in [0.25, 0.3) is 6.08 Å². The second-order valence-electron chi connectivity index (χ2n) is 4.38. The van der Waals surface area contributed by atoms with E-state index < -0.39 is 0 Å². The SMILES string of the molecule is O=C(/C=C/c1ccccc1)NCCNC(=O)c1cnccn1. The van der Waals surface area contributed by atoms with Crippen molar-refractivity contribution in [3.8, 4) is 0 Å². The monoisotopic (exact) mass is 296 g/mol. The van der Waals surface area contributed by atoms with Gasteiger partial charge in [0.2, 0.25) is 5.91 Å². The van der Waals surface area contributed by atoms with E-state index in [-0.39, 0.29) is 17.5 Å². The van der Waals surface area contributed by atoms with Crippen molar-refractivity contribution in [2.75, 3.05) is 13.1 Å². The van der Waals surface area contributed by atoms with Crippen molar-refractivity contribution in [2.24, 2.45) is 0 Å². The van der Waals surface area contributed by atoms with Crippen LogP contribution in [0.1, 0.15) is 16.1 Å². The predicted octanol–water partition coefficient (Wildman–Crippen LogP) is 1.04. The van der Waals surface area contributed by atoms with E-state index >= 15 is 0 Å². The van der Waals surface area contributed by atoms with Crippen LogP contribution in [0.4, 0.5) is 0 Å². The summed E-state index contributed by atoms with van der Waals surface area (Å²) in [5.74, 6) is -0.528. The highest BCUT2D eigenvalue weighted by molar-refractivity contribution is 5.92.